The number of carboxylic acids is 1. The van der Waals surface area contributed by atoms with Gasteiger partial charge in [0.05, 0.1) is 5.92 Å². The Morgan fingerprint density at radius 2 is 1.57 bits per heavy atom. The predicted molar refractivity (Wildman–Crippen MR) is 81.1 cm³/mol. The van der Waals surface area contributed by atoms with Crippen molar-refractivity contribution in [2.75, 3.05) is 0 Å². The largest absolute Gasteiger partial charge is 0.481 e. The van der Waals surface area contributed by atoms with Gasteiger partial charge < -0.3 is 15.3 Å². The highest BCUT2D eigenvalue weighted by molar-refractivity contribution is 5.77. The maximum atomic E-state index is 12.6. The van der Waals surface area contributed by atoms with E-state index in [-0.39, 0.29) is 24.2 Å². The molecule has 5 heteroatoms. The minimum Gasteiger partial charge on any atom is -0.481 e. The minimum atomic E-state index is -0.776. The molecule has 0 aromatic heterocycles. The number of nitrogens with one attached hydrogen (secondary N) is 1. The Hall–Kier alpha value is -1.26. The van der Waals surface area contributed by atoms with Crippen molar-refractivity contribution < 1.29 is 14.7 Å². The average Bonchev–Trinajstić information content (AvgIpc) is 2.64. The Bertz CT molecular complexity index is 376. The van der Waals surface area contributed by atoms with Crippen molar-refractivity contribution in [3.8, 4) is 0 Å². The van der Waals surface area contributed by atoms with Gasteiger partial charge in [0.25, 0.3) is 0 Å². The topological polar surface area (TPSA) is 69.6 Å². The molecule has 0 aromatic rings. The number of piperidine rings is 1. The van der Waals surface area contributed by atoms with E-state index in [9.17, 15) is 14.7 Å². The molecule has 1 heterocycles. The number of likely N-dealkylation sites (tertiary alicyclic amines) is 1. The normalized spacial score (nSPS) is 34.1. The SMILES string of the molecule is CC1CCCC(C)N1C(=O)NC1CCCCCC1C(=O)O. The highest BCUT2D eigenvalue weighted by Gasteiger charge is 2.34. The van der Waals surface area contributed by atoms with Crippen LogP contribution in [0.5, 0.6) is 0 Å². The molecule has 2 fully saturated rings. The first-order valence-corrected chi connectivity index (χ1v) is 8.32. The van der Waals surface area contributed by atoms with Crippen molar-refractivity contribution >= 4 is 12.0 Å². The van der Waals surface area contributed by atoms with Crippen molar-refractivity contribution in [3.63, 3.8) is 0 Å². The molecule has 2 rings (SSSR count). The zero-order chi connectivity index (χ0) is 15.4. The first-order valence-electron chi connectivity index (χ1n) is 8.32. The van der Waals surface area contributed by atoms with Gasteiger partial charge in [0, 0.05) is 18.1 Å². The highest BCUT2D eigenvalue weighted by Crippen LogP contribution is 2.26. The molecule has 4 atom stereocenters. The maximum Gasteiger partial charge on any atom is 0.318 e. The summed E-state index contributed by atoms with van der Waals surface area (Å²) < 4.78 is 0. The smallest absolute Gasteiger partial charge is 0.318 e. The van der Waals surface area contributed by atoms with Crippen LogP contribution in [0, 0.1) is 5.92 Å². The number of carbonyl (C=O) groups excluding carboxylic acids is 1. The van der Waals surface area contributed by atoms with Crippen molar-refractivity contribution in [3.05, 3.63) is 0 Å². The van der Waals surface area contributed by atoms with Crippen LogP contribution in [0.25, 0.3) is 0 Å². The summed E-state index contributed by atoms with van der Waals surface area (Å²) in [6, 6.07) is 0.178. The van der Waals surface area contributed by atoms with Crippen LogP contribution in [0.15, 0.2) is 0 Å². The third kappa shape index (κ3) is 3.89. The van der Waals surface area contributed by atoms with E-state index in [2.05, 4.69) is 19.2 Å². The fourth-order valence-corrected chi connectivity index (χ4v) is 3.83. The van der Waals surface area contributed by atoms with E-state index in [1.807, 2.05) is 4.90 Å². The second kappa shape index (κ2) is 7.14. The monoisotopic (exact) mass is 296 g/mol. The van der Waals surface area contributed by atoms with Crippen molar-refractivity contribution in [2.24, 2.45) is 5.92 Å². The Kier molecular flexibility index (Phi) is 5.48. The van der Waals surface area contributed by atoms with E-state index >= 15 is 0 Å². The molecule has 2 N–H and O–H groups in total. The Balaban J connectivity index is 2.03. The highest BCUT2D eigenvalue weighted by atomic mass is 16.4. The van der Waals surface area contributed by atoms with E-state index in [1.165, 1.54) is 0 Å². The van der Waals surface area contributed by atoms with Crippen LogP contribution in [-0.2, 0) is 4.79 Å². The van der Waals surface area contributed by atoms with Crippen LogP contribution in [0.4, 0.5) is 4.79 Å². The van der Waals surface area contributed by atoms with E-state index in [4.69, 9.17) is 0 Å². The zero-order valence-corrected chi connectivity index (χ0v) is 13.2. The Morgan fingerprint density at radius 1 is 0.952 bits per heavy atom. The van der Waals surface area contributed by atoms with Gasteiger partial charge in [-0.1, -0.05) is 19.3 Å². The lowest BCUT2D eigenvalue weighted by molar-refractivity contribution is -0.142. The summed E-state index contributed by atoms with van der Waals surface area (Å²) in [4.78, 5) is 25.9. The molecule has 2 amide bonds. The second-order valence-corrected chi connectivity index (χ2v) is 6.67. The standard InChI is InChI=1S/C16H28N2O3/c1-11-7-6-8-12(2)18(11)16(21)17-14-10-5-3-4-9-13(14)15(19)20/h11-14H,3-10H2,1-2H3,(H,17,21)(H,19,20). The molecule has 0 bridgehead atoms. The number of aliphatic carboxylic acids is 1. The Labute approximate surface area is 127 Å². The van der Waals surface area contributed by atoms with E-state index in [0.29, 0.717) is 6.42 Å². The Morgan fingerprint density at radius 3 is 2.19 bits per heavy atom. The number of carbonyl (C=O) groups is 2. The number of urea groups is 1. The van der Waals surface area contributed by atoms with Crippen LogP contribution in [0.1, 0.15) is 65.2 Å². The fourth-order valence-electron chi connectivity index (χ4n) is 3.83. The molecular formula is C16H28N2O3. The maximum absolute atomic E-state index is 12.6. The summed E-state index contributed by atoms with van der Waals surface area (Å²) in [7, 11) is 0. The summed E-state index contributed by atoms with van der Waals surface area (Å²) >= 11 is 0. The second-order valence-electron chi connectivity index (χ2n) is 6.67. The molecule has 5 nitrogen and oxygen atoms in total. The van der Waals surface area contributed by atoms with E-state index in [1.54, 1.807) is 0 Å². The van der Waals surface area contributed by atoms with Gasteiger partial charge >= 0.3 is 12.0 Å². The lowest BCUT2D eigenvalue weighted by Crippen LogP contribution is -2.55. The summed E-state index contributed by atoms with van der Waals surface area (Å²) in [6.07, 6.45) is 7.68. The molecule has 0 aromatic carbocycles. The molecule has 1 aliphatic heterocycles. The lowest BCUT2D eigenvalue weighted by Gasteiger charge is -2.40. The molecule has 2 aliphatic rings. The number of carboxylic acid groups (broad SMARTS) is 1. The predicted octanol–water partition coefficient (Wildman–Crippen LogP) is 2.99. The van der Waals surface area contributed by atoms with Gasteiger partial charge in [0.2, 0.25) is 0 Å². The van der Waals surface area contributed by atoms with Gasteiger partial charge in [0.15, 0.2) is 0 Å². The molecule has 0 spiro atoms. The van der Waals surface area contributed by atoms with Crippen LogP contribution in [0.3, 0.4) is 0 Å². The van der Waals surface area contributed by atoms with E-state index < -0.39 is 11.9 Å². The average molecular weight is 296 g/mol. The number of nitrogens with zero attached hydrogens (tertiary/aromatic N) is 1. The fraction of sp³-hybridized carbons (Fsp3) is 0.875. The summed E-state index contributed by atoms with van der Waals surface area (Å²) in [6.45, 7) is 4.16. The summed E-state index contributed by atoms with van der Waals surface area (Å²) in [5.41, 5.74) is 0. The molecule has 120 valence electrons. The quantitative estimate of drug-likeness (QED) is 0.770. The van der Waals surface area contributed by atoms with Gasteiger partial charge in [-0.2, -0.15) is 0 Å². The number of amides is 2. The van der Waals surface area contributed by atoms with Crippen LogP contribution < -0.4 is 5.32 Å². The zero-order valence-electron chi connectivity index (χ0n) is 13.2. The van der Waals surface area contributed by atoms with Gasteiger partial charge in [-0.05, 0) is 46.0 Å². The molecule has 1 saturated heterocycles. The van der Waals surface area contributed by atoms with Crippen molar-refractivity contribution in [1.29, 1.82) is 0 Å². The molecule has 0 radical (unpaired) electrons. The number of hydrogen-bond acceptors (Lipinski definition) is 2. The van der Waals surface area contributed by atoms with Crippen LogP contribution in [-0.4, -0.2) is 40.1 Å². The number of hydrogen-bond donors (Lipinski definition) is 2. The van der Waals surface area contributed by atoms with Crippen LogP contribution >= 0.6 is 0 Å². The van der Waals surface area contributed by atoms with Gasteiger partial charge in [-0.25, -0.2) is 4.79 Å². The van der Waals surface area contributed by atoms with Gasteiger partial charge in [0.1, 0.15) is 0 Å². The van der Waals surface area contributed by atoms with E-state index in [0.717, 1.165) is 44.9 Å². The molecule has 1 saturated carbocycles. The molecule has 1 aliphatic carbocycles. The van der Waals surface area contributed by atoms with Crippen LogP contribution in [0.2, 0.25) is 0 Å². The first-order chi connectivity index (χ1) is 10.0. The molecule has 21 heavy (non-hydrogen) atoms. The summed E-state index contributed by atoms with van der Waals surface area (Å²) in [5.74, 6) is -1.21. The third-order valence-corrected chi connectivity index (χ3v) is 5.07. The lowest BCUT2D eigenvalue weighted by atomic mass is 9.94. The first kappa shape index (κ1) is 16.1. The number of rotatable bonds is 2. The third-order valence-electron chi connectivity index (χ3n) is 5.07. The van der Waals surface area contributed by atoms with Gasteiger partial charge in [-0.3, -0.25) is 4.79 Å². The van der Waals surface area contributed by atoms with Crippen molar-refractivity contribution in [1.82, 2.24) is 10.2 Å². The molecule has 4 unspecified atom stereocenters. The van der Waals surface area contributed by atoms with Crippen molar-refractivity contribution in [2.45, 2.75) is 83.3 Å². The minimum absolute atomic E-state index is 0.0761. The summed E-state index contributed by atoms with van der Waals surface area (Å²) in [5, 5.41) is 12.4. The van der Waals surface area contributed by atoms with Gasteiger partial charge in [-0.15, -0.1) is 0 Å². The molecular weight excluding hydrogens is 268 g/mol.